The van der Waals surface area contributed by atoms with Gasteiger partial charge in [-0.1, -0.05) is 49.4 Å². The molecule has 0 N–H and O–H groups in total. The second kappa shape index (κ2) is 12.2. The molecule has 0 bridgehead atoms. The number of benzene rings is 3. The molecule has 4 rings (SSSR count). The van der Waals surface area contributed by atoms with Gasteiger partial charge in [-0.05, 0) is 53.8 Å². The number of halogens is 7. The first-order chi connectivity index (χ1) is 19.1. The van der Waals surface area contributed by atoms with Crippen molar-refractivity contribution in [3.8, 4) is 16.9 Å². The van der Waals surface area contributed by atoms with Crippen molar-refractivity contribution in [2.75, 3.05) is 6.61 Å². The van der Waals surface area contributed by atoms with Gasteiger partial charge in [-0.25, -0.2) is 35.5 Å². The number of rotatable bonds is 8. The van der Waals surface area contributed by atoms with Crippen molar-refractivity contribution in [3.05, 3.63) is 124 Å². The van der Waals surface area contributed by atoms with Crippen molar-refractivity contribution in [3.63, 3.8) is 0 Å². The molecule has 0 heterocycles. The van der Waals surface area contributed by atoms with Gasteiger partial charge in [0.1, 0.15) is 22.9 Å². The Morgan fingerprint density at radius 1 is 0.825 bits per heavy atom. The Balaban J connectivity index is 1.72. The Labute approximate surface area is 224 Å². The van der Waals surface area contributed by atoms with Crippen LogP contribution in [-0.4, -0.2) is 12.6 Å². The predicted molar refractivity (Wildman–Crippen MR) is 133 cm³/mol. The molecule has 0 amide bonds. The Morgan fingerprint density at radius 3 is 2.02 bits per heavy atom. The van der Waals surface area contributed by atoms with Crippen molar-refractivity contribution < 1.29 is 45.0 Å². The summed E-state index contributed by atoms with van der Waals surface area (Å²) < 4.78 is 112. The van der Waals surface area contributed by atoms with Crippen LogP contribution in [0, 0.1) is 40.7 Å². The Hall–Kier alpha value is -4.34. The van der Waals surface area contributed by atoms with E-state index >= 15 is 8.78 Å². The molecule has 3 aromatic carbocycles. The molecule has 3 nitrogen and oxygen atoms in total. The molecule has 0 spiro atoms. The van der Waals surface area contributed by atoms with E-state index in [1.165, 1.54) is 24.3 Å². The second-order valence-electron chi connectivity index (χ2n) is 8.69. The van der Waals surface area contributed by atoms with Gasteiger partial charge < -0.3 is 9.47 Å². The normalized spacial score (nSPS) is 13.6. The minimum absolute atomic E-state index is 0.0597. The molecule has 0 saturated carbocycles. The van der Waals surface area contributed by atoms with Gasteiger partial charge in [0, 0.05) is 0 Å². The summed E-state index contributed by atoms with van der Waals surface area (Å²) in [5, 5.41) is 0. The summed E-state index contributed by atoms with van der Waals surface area (Å²) >= 11 is 0. The topological polar surface area (TPSA) is 35.5 Å². The number of esters is 1. The Morgan fingerprint density at radius 2 is 1.43 bits per heavy atom. The lowest BCUT2D eigenvalue weighted by atomic mass is 9.98. The smallest absolute Gasteiger partial charge is 0.345 e. The molecule has 1 unspecified atom stereocenters. The lowest BCUT2D eigenvalue weighted by molar-refractivity contribution is 0.0350. The highest BCUT2D eigenvalue weighted by Gasteiger charge is 2.35. The molecule has 40 heavy (non-hydrogen) atoms. The van der Waals surface area contributed by atoms with E-state index in [2.05, 4.69) is 0 Å². The molecule has 0 saturated heterocycles. The fourth-order valence-electron chi connectivity index (χ4n) is 3.98. The molecule has 0 aromatic heterocycles. The van der Waals surface area contributed by atoms with Crippen LogP contribution in [0.25, 0.3) is 11.1 Å². The molecular weight excluding hydrogens is 541 g/mol. The molecule has 208 valence electrons. The van der Waals surface area contributed by atoms with Crippen LogP contribution in [0.5, 0.6) is 5.75 Å². The van der Waals surface area contributed by atoms with Crippen molar-refractivity contribution in [2.24, 2.45) is 0 Å². The molecule has 3 aromatic rings. The maximum Gasteiger partial charge on any atom is 0.345 e. The van der Waals surface area contributed by atoms with E-state index in [0.29, 0.717) is 24.3 Å². The van der Waals surface area contributed by atoms with Gasteiger partial charge in [0.2, 0.25) is 5.82 Å². The van der Waals surface area contributed by atoms with Gasteiger partial charge in [-0.3, -0.25) is 0 Å². The number of carbonyl (C=O) groups excluding carboxylic acids is 1. The van der Waals surface area contributed by atoms with E-state index in [1.54, 1.807) is 30.3 Å². The summed E-state index contributed by atoms with van der Waals surface area (Å²) in [6.07, 6.45) is 5.81. The lowest BCUT2D eigenvalue weighted by Gasteiger charge is -2.22. The maximum atomic E-state index is 15.1. The fraction of sp³-hybridized carbons (Fsp3) is 0.167. The first-order valence-electron chi connectivity index (χ1n) is 12.1. The van der Waals surface area contributed by atoms with Crippen LogP contribution >= 0.6 is 0 Å². The zero-order valence-electron chi connectivity index (χ0n) is 20.9. The second-order valence-corrected chi connectivity index (χ2v) is 8.69. The maximum absolute atomic E-state index is 15.1. The van der Waals surface area contributed by atoms with Crippen molar-refractivity contribution >= 4 is 5.97 Å². The summed E-state index contributed by atoms with van der Waals surface area (Å²) in [5.74, 6) is -15.4. The summed E-state index contributed by atoms with van der Waals surface area (Å²) in [6, 6.07) is 7.99. The van der Waals surface area contributed by atoms with Crippen LogP contribution in [0.2, 0.25) is 0 Å². The number of allylic oxidation sites excluding steroid dienone is 4. The van der Waals surface area contributed by atoms with Gasteiger partial charge in [0.15, 0.2) is 29.4 Å². The van der Waals surface area contributed by atoms with E-state index in [0.717, 1.165) is 18.6 Å². The van der Waals surface area contributed by atoms with Gasteiger partial charge in [-0.15, -0.1) is 0 Å². The van der Waals surface area contributed by atoms with Gasteiger partial charge in [-0.2, -0.15) is 0 Å². The summed E-state index contributed by atoms with van der Waals surface area (Å²) in [4.78, 5) is 13.0. The highest BCUT2D eigenvalue weighted by atomic mass is 19.2. The third kappa shape index (κ3) is 5.80. The largest absolute Gasteiger partial charge is 0.494 e. The average molecular weight is 562 g/mol. The molecule has 1 aliphatic rings. The molecule has 1 atom stereocenters. The highest BCUT2D eigenvalue weighted by molar-refractivity contribution is 5.91. The zero-order valence-corrected chi connectivity index (χ0v) is 20.9. The molecule has 0 fully saturated rings. The summed E-state index contributed by atoms with van der Waals surface area (Å²) in [5.41, 5.74) is -2.45. The third-order valence-electron chi connectivity index (χ3n) is 5.95. The third-order valence-corrected chi connectivity index (χ3v) is 5.95. The Kier molecular flexibility index (Phi) is 8.77. The van der Waals surface area contributed by atoms with E-state index in [9.17, 15) is 26.7 Å². The number of carbonyl (C=O) groups is 1. The average Bonchev–Trinajstić information content (AvgIpc) is 3.23. The van der Waals surface area contributed by atoms with Gasteiger partial charge >= 0.3 is 5.97 Å². The van der Waals surface area contributed by atoms with Crippen LogP contribution in [-0.2, 0) is 4.74 Å². The summed E-state index contributed by atoms with van der Waals surface area (Å²) in [6.45, 7) is 2.41. The first-order valence-corrected chi connectivity index (χ1v) is 12.1. The monoisotopic (exact) mass is 562 g/mol. The van der Waals surface area contributed by atoms with Crippen LogP contribution < -0.4 is 4.74 Å². The van der Waals surface area contributed by atoms with E-state index in [4.69, 9.17) is 9.47 Å². The zero-order chi connectivity index (χ0) is 29.0. The molecule has 0 radical (unpaired) electrons. The number of hydrogen-bond acceptors (Lipinski definition) is 3. The van der Waals surface area contributed by atoms with Crippen LogP contribution in [0.15, 0.2) is 72.4 Å². The SMILES string of the molecule is CCCOc1ccc(-c2cc(F)c(C(=O)OC(C3=CC=CCC=C3)c3c(F)c(F)c(F)c(F)c3F)c(F)c2)cc1. The number of ether oxygens (including phenoxy) is 2. The van der Waals surface area contributed by atoms with E-state index in [1.807, 2.05) is 6.92 Å². The van der Waals surface area contributed by atoms with Crippen molar-refractivity contribution in [1.29, 1.82) is 0 Å². The van der Waals surface area contributed by atoms with Crippen molar-refractivity contribution in [1.82, 2.24) is 0 Å². The number of hydrogen-bond donors (Lipinski definition) is 0. The van der Waals surface area contributed by atoms with E-state index in [-0.39, 0.29) is 11.1 Å². The van der Waals surface area contributed by atoms with Crippen molar-refractivity contribution in [2.45, 2.75) is 25.9 Å². The summed E-state index contributed by atoms with van der Waals surface area (Å²) in [7, 11) is 0. The van der Waals surface area contributed by atoms with Gasteiger partial charge in [0.25, 0.3) is 0 Å². The lowest BCUT2D eigenvalue weighted by Crippen LogP contribution is -2.20. The predicted octanol–water partition coefficient (Wildman–Crippen LogP) is 8.46. The van der Waals surface area contributed by atoms with Gasteiger partial charge in [0.05, 0.1) is 12.2 Å². The quantitative estimate of drug-likeness (QED) is 0.120. The van der Waals surface area contributed by atoms with Crippen LogP contribution in [0.1, 0.15) is 41.8 Å². The molecule has 1 aliphatic carbocycles. The fourth-order valence-corrected chi connectivity index (χ4v) is 3.98. The standard InChI is InChI=1S/C30H21F7O3/c1-2-13-39-19-11-9-16(10-12-19)18-14-20(31)22(21(32)15-18)30(38)40-29(17-7-5-3-4-6-8-17)23-24(33)26(35)28(37)27(36)25(23)34/h3,5-12,14-15,29H,2,4,13H2,1H3. The van der Waals surface area contributed by atoms with E-state index < -0.39 is 63.9 Å². The van der Waals surface area contributed by atoms with Crippen LogP contribution in [0.3, 0.4) is 0 Å². The highest BCUT2D eigenvalue weighted by Crippen LogP contribution is 2.36. The molecule has 0 aliphatic heterocycles. The Bertz CT molecular complexity index is 1470. The minimum atomic E-state index is -2.41. The molecule has 10 heteroatoms. The minimum Gasteiger partial charge on any atom is -0.494 e. The molecular formula is C30H21F7O3. The van der Waals surface area contributed by atoms with Crippen LogP contribution in [0.4, 0.5) is 30.7 Å². The first kappa shape index (κ1) is 28.7.